The highest BCUT2D eigenvalue weighted by atomic mass is 16.1. The summed E-state index contributed by atoms with van der Waals surface area (Å²) in [5, 5.41) is 6.05. The Hall–Kier alpha value is -1.85. The smallest absolute Gasteiger partial charge is 0.217 e. The summed E-state index contributed by atoms with van der Waals surface area (Å²) >= 11 is 0. The second-order valence-corrected chi connectivity index (χ2v) is 5.51. The first kappa shape index (κ1) is 14.6. The van der Waals surface area contributed by atoms with Crippen LogP contribution in [0.5, 0.6) is 0 Å². The third-order valence-electron chi connectivity index (χ3n) is 3.42. The maximum Gasteiger partial charge on any atom is 0.217 e. The Morgan fingerprint density at radius 2 is 2.20 bits per heavy atom. The molecular formula is C14H23N5O. The van der Waals surface area contributed by atoms with Gasteiger partial charge in [0.1, 0.15) is 17.5 Å². The SMILES string of the molecule is CNc1cc(N2CCC(NC(C)=O)C2)nc(C(C)C)n1. The fourth-order valence-electron chi connectivity index (χ4n) is 2.37. The van der Waals surface area contributed by atoms with Crippen molar-refractivity contribution in [2.75, 3.05) is 30.4 Å². The van der Waals surface area contributed by atoms with E-state index in [0.29, 0.717) is 0 Å². The number of carbonyl (C=O) groups is 1. The first-order valence-corrected chi connectivity index (χ1v) is 7.08. The Labute approximate surface area is 120 Å². The van der Waals surface area contributed by atoms with E-state index < -0.39 is 0 Å². The van der Waals surface area contributed by atoms with Crippen LogP contribution < -0.4 is 15.5 Å². The average Bonchev–Trinajstić information content (AvgIpc) is 2.85. The van der Waals surface area contributed by atoms with Gasteiger partial charge in [0, 0.05) is 45.1 Å². The Bertz CT molecular complexity index is 488. The molecule has 1 aromatic heterocycles. The highest BCUT2D eigenvalue weighted by Gasteiger charge is 2.24. The van der Waals surface area contributed by atoms with Gasteiger partial charge in [-0.05, 0) is 6.42 Å². The van der Waals surface area contributed by atoms with Gasteiger partial charge in [-0.1, -0.05) is 13.8 Å². The zero-order chi connectivity index (χ0) is 14.7. The van der Waals surface area contributed by atoms with Gasteiger partial charge in [-0.25, -0.2) is 9.97 Å². The predicted octanol–water partition coefficient (Wildman–Crippen LogP) is 1.36. The van der Waals surface area contributed by atoms with Gasteiger partial charge in [0.05, 0.1) is 0 Å². The van der Waals surface area contributed by atoms with Crippen molar-refractivity contribution in [3.63, 3.8) is 0 Å². The molecule has 1 saturated heterocycles. The van der Waals surface area contributed by atoms with Crippen LogP contribution in [0, 0.1) is 0 Å². The molecule has 0 saturated carbocycles. The van der Waals surface area contributed by atoms with E-state index in [0.717, 1.165) is 37.0 Å². The van der Waals surface area contributed by atoms with Gasteiger partial charge >= 0.3 is 0 Å². The number of aromatic nitrogens is 2. The lowest BCUT2D eigenvalue weighted by atomic mass is 10.2. The van der Waals surface area contributed by atoms with Crippen molar-refractivity contribution in [1.29, 1.82) is 0 Å². The van der Waals surface area contributed by atoms with Crippen molar-refractivity contribution in [2.24, 2.45) is 0 Å². The van der Waals surface area contributed by atoms with Gasteiger partial charge in [0.25, 0.3) is 0 Å². The maximum atomic E-state index is 11.1. The van der Waals surface area contributed by atoms with Crippen molar-refractivity contribution in [2.45, 2.75) is 39.2 Å². The largest absolute Gasteiger partial charge is 0.373 e. The van der Waals surface area contributed by atoms with E-state index in [2.05, 4.69) is 39.3 Å². The molecule has 1 amide bonds. The number of amides is 1. The second-order valence-electron chi connectivity index (χ2n) is 5.51. The molecule has 1 fully saturated rings. The number of nitrogens with zero attached hydrogens (tertiary/aromatic N) is 3. The lowest BCUT2D eigenvalue weighted by molar-refractivity contribution is -0.119. The molecule has 6 heteroatoms. The normalized spacial score (nSPS) is 18.4. The van der Waals surface area contributed by atoms with Gasteiger partial charge in [-0.15, -0.1) is 0 Å². The Morgan fingerprint density at radius 3 is 2.80 bits per heavy atom. The molecule has 0 bridgehead atoms. The van der Waals surface area contributed by atoms with Gasteiger partial charge in [-0.2, -0.15) is 0 Å². The van der Waals surface area contributed by atoms with Crippen LogP contribution >= 0.6 is 0 Å². The third kappa shape index (κ3) is 3.37. The van der Waals surface area contributed by atoms with Gasteiger partial charge in [0.2, 0.25) is 5.91 Å². The third-order valence-corrected chi connectivity index (χ3v) is 3.42. The lowest BCUT2D eigenvalue weighted by Gasteiger charge is -2.20. The molecule has 6 nitrogen and oxygen atoms in total. The van der Waals surface area contributed by atoms with E-state index in [1.807, 2.05) is 13.1 Å². The molecular weight excluding hydrogens is 254 g/mol. The van der Waals surface area contributed by atoms with Crippen LogP contribution in [0.1, 0.15) is 38.9 Å². The van der Waals surface area contributed by atoms with Crippen LogP contribution in [0.15, 0.2) is 6.07 Å². The molecule has 1 aliphatic rings. The van der Waals surface area contributed by atoms with Crippen molar-refractivity contribution in [3.05, 3.63) is 11.9 Å². The number of anilines is 2. The minimum Gasteiger partial charge on any atom is -0.373 e. The van der Waals surface area contributed by atoms with E-state index in [-0.39, 0.29) is 17.9 Å². The van der Waals surface area contributed by atoms with Crippen molar-refractivity contribution >= 4 is 17.5 Å². The standard InChI is InChI=1S/C14H23N5O/c1-9(2)14-17-12(15-4)7-13(18-14)19-6-5-11(8-19)16-10(3)20/h7,9,11H,5-6,8H2,1-4H3,(H,16,20)(H,15,17,18). The molecule has 20 heavy (non-hydrogen) atoms. The summed E-state index contributed by atoms with van der Waals surface area (Å²) in [5.41, 5.74) is 0. The zero-order valence-corrected chi connectivity index (χ0v) is 12.6. The summed E-state index contributed by atoms with van der Waals surface area (Å²) in [6.07, 6.45) is 0.954. The summed E-state index contributed by atoms with van der Waals surface area (Å²) in [7, 11) is 1.86. The molecule has 2 N–H and O–H groups in total. The lowest BCUT2D eigenvalue weighted by Crippen LogP contribution is -2.35. The summed E-state index contributed by atoms with van der Waals surface area (Å²) in [6, 6.07) is 2.17. The Morgan fingerprint density at radius 1 is 1.45 bits per heavy atom. The fraction of sp³-hybridized carbons (Fsp3) is 0.643. The minimum atomic E-state index is 0.0262. The van der Waals surface area contributed by atoms with Crippen LogP contribution in [0.3, 0.4) is 0 Å². The van der Waals surface area contributed by atoms with E-state index in [1.165, 1.54) is 0 Å². The summed E-state index contributed by atoms with van der Waals surface area (Å²) in [4.78, 5) is 22.4. The summed E-state index contributed by atoms with van der Waals surface area (Å²) in [5.74, 6) is 2.92. The van der Waals surface area contributed by atoms with Crippen LogP contribution in [-0.4, -0.2) is 42.1 Å². The quantitative estimate of drug-likeness (QED) is 0.869. The molecule has 2 heterocycles. The van der Waals surface area contributed by atoms with Crippen LogP contribution in [0.2, 0.25) is 0 Å². The van der Waals surface area contributed by atoms with Crippen LogP contribution in [0.4, 0.5) is 11.6 Å². The Kier molecular flexibility index (Phi) is 4.42. The first-order chi connectivity index (χ1) is 9.49. The number of hydrogen-bond acceptors (Lipinski definition) is 5. The molecule has 1 aliphatic heterocycles. The molecule has 1 aromatic rings. The van der Waals surface area contributed by atoms with E-state index in [1.54, 1.807) is 6.92 Å². The number of carbonyl (C=O) groups excluding carboxylic acids is 1. The predicted molar refractivity (Wildman–Crippen MR) is 80.1 cm³/mol. The molecule has 0 radical (unpaired) electrons. The molecule has 0 spiro atoms. The molecule has 0 aliphatic carbocycles. The van der Waals surface area contributed by atoms with Crippen molar-refractivity contribution in [1.82, 2.24) is 15.3 Å². The molecule has 110 valence electrons. The number of nitrogens with one attached hydrogen (secondary N) is 2. The van der Waals surface area contributed by atoms with Gasteiger partial charge < -0.3 is 15.5 Å². The molecule has 1 atom stereocenters. The maximum absolute atomic E-state index is 11.1. The fourth-order valence-corrected chi connectivity index (χ4v) is 2.37. The average molecular weight is 277 g/mol. The zero-order valence-electron chi connectivity index (χ0n) is 12.6. The molecule has 0 aromatic carbocycles. The van der Waals surface area contributed by atoms with Gasteiger partial charge in [-0.3, -0.25) is 4.79 Å². The molecule has 1 unspecified atom stereocenters. The minimum absolute atomic E-state index is 0.0262. The number of rotatable bonds is 4. The highest BCUT2D eigenvalue weighted by molar-refractivity contribution is 5.73. The van der Waals surface area contributed by atoms with Crippen LogP contribution in [-0.2, 0) is 4.79 Å². The van der Waals surface area contributed by atoms with E-state index >= 15 is 0 Å². The van der Waals surface area contributed by atoms with Crippen LogP contribution in [0.25, 0.3) is 0 Å². The van der Waals surface area contributed by atoms with Crippen molar-refractivity contribution in [3.8, 4) is 0 Å². The number of hydrogen-bond donors (Lipinski definition) is 2. The summed E-state index contributed by atoms with van der Waals surface area (Å²) < 4.78 is 0. The topological polar surface area (TPSA) is 70.2 Å². The second kappa shape index (κ2) is 6.07. The Balaban J connectivity index is 2.16. The van der Waals surface area contributed by atoms with Gasteiger partial charge in [0.15, 0.2) is 0 Å². The first-order valence-electron chi connectivity index (χ1n) is 7.08. The monoisotopic (exact) mass is 277 g/mol. The van der Waals surface area contributed by atoms with E-state index in [4.69, 9.17) is 0 Å². The highest BCUT2D eigenvalue weighted by Crippen LogP contribution is 2.23. The van der Waals surface area contributed by atoms with Crippen molar-refractivity contribution < 1.29 is 4.79 Å². The molecule has 2 rings (SSSR count). The summed E-state index contributed by atoms with van der Waals surface area (Å²) in [6.45, 7) is 7.44. The van der Waals surface area contributed by atoms with E-state index in [9.17, 15) is 4.79 Å².